The number of ether oxygens (including phenoxy) is 1. The summed E-state index contributed by atoms with van der Waals surface area (Å²) in [7, 11) is 1.53. The lowest BCUT2D eigenvalue weighted by atomic mass is 9.95. The number of aromatic nitrogens is 2. The van der Waals surface area contributed by atoms with Gasteiger partial charge in [-0.25, -0.2) is 0 Å². The van der Waals surface area contributed by atoms with Gasteiger partial charge in [-0.1, -0.05) is 94.8 Å². The highest BCUT2D eigenvalue weighted by molar-refractivity contribution is 8.00. The number of benzene rings is 3. The number of hydrogen-bond acceptors (Lipinski definition) is 8. The van der Waals surface area contributed by atoms with Gasteiger partial charge in [-0.3, -0.25) is 14.5 Å². The van der Waals surface area contributed by atoms with Crippen molar-refractivity contribution in [2.75, 3.05) is 12.0 Å². The molecule has 4 aromatic rings. The number of aliphatic hydroxyl groups excluding tert-OH is 1. The van der Waals surface area contributed by atoms with Gasteiger partial charge in [0.15, 0.2) is 4.34 Å². The van der Waals surface area contributed by atoms with Crippen LogP contribution >= 0.6 is 46.3 Å². The molecule has 3 aromatic carbocycles. The van der Waals surface area contributed by atoms with Crippen LogP contribution in [-0.4, -0.2) is 34.1 Å². The zero-order chi connectivity index (χ0) is 26.8. The van der Waals surface area contributed by atoms with Crippen molar-refractivity contribution in [1.29, 1.82) is 0 Å². The van der Waals surface area contributed by atoms with Gasteiger partial charge >= 0.3 is 5.91 Å². The molecular weight excluding hydrogens is 565 g/mol. The normalized spacial score (nSPS) is 16.7. The highest BCUT2D eigenvalue weighted by Crippen LogP contribution is 2.44. The molecule has 5 rings (SSSR count). The molecule has 0 saturated carbocycles. The molecule has 1 aliphatic rings. The SMILES string of the molecule is COc1cccc(C2/C(=C(/O)c3ccccc3)C(=O)C(=O)N2c2nnc(SCc3ccc(Cl)cc3Cl)s2)c1. The van der Waals surface area contributed by atoms with Crippen molar-refractivity contribution in [3.05, 3.63) is 105 Å². The monoisotopic (exact) mass is 583 g/mol. The van der Waals surface area contributed by atoms with Gasteiger partial charge in [-0.15, -0.1) is 10.2 Å². The second kappa shape index (κ2) is 11.2. The van der Waals surface area contributed by atoms with E-state index in [9.17, 15) is 14.7 Å². The molecule has 1 aromatic heterocycles. The van der Waals surface area contributed by atoms with E-state index in [1.807, 2.05) is 6.07 Å². The maximum Gasteiger partial charge on any atom is 0.301 e. The number of carbonyl (C=O) groups is 2. The van der Waals surface area contributed by atoms with Crippen molar-refractivity contribution >= 4 is 68.9 Å². The van der Waals surface area contributed by atoms with E-state index < -0.39 is 17.7 Å². The zero-order valence-corrected chi connectivity index (χ0v) is 22.9. The Morgan fingerprint density at radius 1 is 1.05 bits per heavy atom. The van der Waals surface area contributed by atoms with Gasteiger partial charge in [0.05, 0.1) is 18.7 Å². The van der Waals surface area contributed by atoms with Gasteiger partial charge in [0, 0.05) is 21.4 Å². The molecule has 11 heteroatoms. The predicted octanol–water partition coefficient (Wildman–Crippen LogP) is 6.77. The molecule has 1 fully saturated rings. The summed E-state index contributed by atoms with van der Waals surface area (Å²) in [6.07, 6.45) is 0. The molecule has 0 radical (unpaired) electrons. The average Bonchev–Trinajstić information content (AvgIpc) is 3.50. The Hall–Kier alpha value is -3.37. The lowest BCUT2D eigenvalue weighted by Crippen LogP contribution is -2.29. The molecule has 2 heterocycles. The number of nitrogens with zero attached hydrogens (tertiary/aromatic N) is 3. The summed E-state index contributed by atoms with van der Waals surface area (Å²) in [6, 6.07) is 20.0. The van der Waals surface area contributed by atoms with E-state index in [4.69, 9.17) is 27.9 Å². The summed E-state index contributed by atoms with van der Waals surface area (Å²) in [5, 5.41) is 21.0. The fraction of sp³-hybridized carbons (Fsp3) is 0.111. The Morgan fingerprint density at radius 3 is 2.58 bits per heavy atom. The van der Waals surface area contributed by atoms with Crippen molar-refractivity contribution in [2.45, 2.75) is 16.1 Å². The van der Waals surface area contributed by atoms with Crippen LogP contribution < -0.4 is 9.64 Å². The van der Waals surface area contributed by atoms with Crippen LogP contribution in [0.3, 0.4) is 0 Å². The predicted molar refractivity (Wildman–Crippen MR) is 150 cm³/mol. The summed E-state index contributed by atoms with van der Waals surface area (Å²) >= 11 is 14.8. The van der Waals surface area contributed by atoms with E-state index in [2.05, 4.69) is 10.2 Å². The minimum absolute atomic E-state index is 0.0354. The highest BCUT2D eigenvalue weighted by atomic mass is 35.5. The first-order valence-electron chi connectivity index (χ1n) is 11.3. The number of anilines is 1. The van der Waals surface area contributed by atoms with Crippen LogP contribution in [0, 0.1) is 0 Å². The summed E-state index contributed by atoms with van der Waals surface area (Å²) in [4.78, 5) is 27.9. The Morgan fingerprint density at radius 2 is 1.84 bits per heavy atom. The van der Waals surface area contributed by atoms with E-state index in [0.29, 0.717) is 37.0 Å². The highest BCUT2D eigenvalue weighted by Gasteiger charge is 2.48. The quantitative estimate of drug-likeness (QED) is 0.0843. The van der Waals surface area contributed by atoms with Crippen LogP contribution in [0.4, 0.5) is 5.13 Å². The lowest BCUT2D eigenvalue weighted by Gasteiger charge is -2.22. The number of Topliss-reactive ketones (excluding diaryl/α,β-unsaturated/α-hetero) is 1. The minimum Gasteiger partial charge on any atom is -0.507 e. The molecule has 1 unspecified atom stereocenters. The summed E-state index contributed by atoms with van der Waals surface area (Å²) < 4.78 is 5.95. The van der Waals surface area contributed by atoms with Crippen molar-refractivity contribution in [3.63, 3.8) is 0 Å². The molecule has 38 heavy (non-hydrogen) atoms. The van der Waals surface area contributed by atoms with Crippen LogP contribution in [0.2, 0.25) is 10.0 Å². The maximum atomic E-state index is 13.4. The maximum absolute atomic E-state index is 13.4. The molecule has 1 saturated heterocycles. The Kier molecular flexibility index (Phi) is 7.71. The van der Waals surface area contributed by atoms with E-state index in [0.717, 1.165) is 5.56 Å². The second-order valence-corrected chi connectivity index (χ2v) is 11.2. The Balaban J connectivity index is 1.54. The molecule has 7 nitrogen and oxygen atoms in total. The summed E-state index contributed by atoms with van der Waals surface area (Å²) in [5.41, 5.74) is 1.84. The number of rotatable bonds is 7. The number of carbonyl (C=O) groups excluding carboxylic acids is 2. The third-order valence-corrected chi connectivity index (χ3v) is 8.56. The van der Waals surface area contributed by atoms with E-state index in [1.165, 1.54) is 35.1 Å². The van der Waals surface area contributed by atoms with Gasteiger partial charge in [0.1, 0.15) is 11.5 Å². The first-order valence-corrected chi connectivity index (χ1v) is 13.8. The van der Waals surface area contributed by atoms with Crippen molar-refractivity contribution in [3.8, 4) is 5.75 Å². The average molecular weight is 585 g/mol. The van der Waals surface area contributed by atoms with Gasteiger partial charge in [-0.2, -0.15) is 0 Å². The van der Waals surface area contributed by atoms with Crippen molar-refractivity contribution in [1.82, 2.24) is 10.2 Å². The Labute approximate surface area is 236 Å². The zero-order valence-electron chi connectivity index (χ0n) is 19.8. The summed E-state index contributed by atoms with van der Waals surface area (Å²) in [5.74, 6) is -0.825. The van der Waals surface area contributed by atoms with Crippen molar-refractivity contribution in [2.24, 2.45) is 0 Å². The van der Waals surface area contributed by atoms with Crippen LogP contribution in [0.5, 0.6) is 5.75 Å². The number of ketones is 1. The van der Waals surface area contributed by atoms with Crippen LogP contribution in [0.15, 0.2) is 82.7 Å². The first kappa shape index (κ1) is 26.2. The largest absolute Gasteiger partial charge is 0.507 e. The number of halogens is 2. The lowest BCUT2D eigenvalue weighted by molar-refractivity contribution is -0.132. The Bertz CT molecular complexity index is 1560. The summed E-state index contributed by atoms with van der Waals surface area (Å²) in [6.45, 7) is 0. The molecule has 192 valence electrons. The minimum atomic E-state index is -0.929. The topological polar surface area (TPSA) is 92.6 Å². The molecule has 0 spiro atoms. The van der Waals surface area contributed by atoms with Gasteiger partial charge in [0.2, 0.25) is 5.13 Å². The van der Waals surface area contributed by atoms with Crippen LogP contribution in [0.25, 0.3) is 5.76 Å². The fourth-order valence-corrected chi connectivity index (χ4v) is 6.47. The first-order chi connectivity index (χ1) is 18.4. The molecular formula is C27H19Cl2N3O4S2. The third kappa shape index (κ3) is 5.15. The van der Waals surface area contributed by atoms with Gasteiger partial charge in [0.25, 0.3) is 5.78 Å². The number of aliphatic hydroxyl groups is 1. The van der Waals surface area contributed by atoms with Crippen molar-refractivity contribution < 1.29 is 19.4 Å². The standard InChI is InChI=1S/C27H19Cl2N3O4S2/c1-36-19-9-5-8-16(12-19)22-21(23(33)15-6-3-2-4-7-15)24(34)25(35)32(22)26-30-31-27(38-26)37-14-17-10-11-18(28)13-20(17)29/h2-13,22,33H,14H2,1H3/b23-21-. The molecule has 1 amide bonds. The molecule has 0 bridgehead atoms. The van der Waals surface area contributed by atoms with E-state index in [-0.39, 0.29) is 16.5 Å². The fourth-order valence-electron chi connectivity index (χ4n) is 4.04. The van der Waals surface area contributed by atoms with Crippen LogP contribution in [-0.2, 0) is 15.3 Å². The van der Waals surface area contributed by atoms with Gasteiger partial charge < -0.3 is 9.84 Å². The smallest absolute Gasteiger partial charge is 0.301 e. The number of thioether (sulfide) groups is 1. The number of hydrogen-bond donors (Lipinski definition) is 1. The molecule has 1 atom stereocenters. The molecule has 1 N–H and O–H groups in total. The van der Waals surface area contributed by atoms with E-state index >= 15 is 0 Å². The number of amides is 1. The molecule has 1 aliphatic heterocycles. The van der Waals surface area contributed by atoms with E-state index in [1.54, 1.807) is 66.7 Å². The third-order valence-electron chi connectivity index (χ3n) is 5.87. The van der Waals surface area contributed by atoms with Gasteiger partial charge in [-0.05, 0) is 35.4 Å². The second-order valence-electron chi connectivity index (χ2n) is 8.19. The van der Waals surface area contributed by atoms with Crippen LogP contribution in [0.1, 0.15) is 22.7 Å². The number of methoxy groups -OCH3 is 1. The molecule has 0 aliphatic carbocycles.